The maximum Gasteiger partial charge on any atom is 0.193 e. The normalized spacial score (nSPS) is 19.8. The molecule has 3 heteroatoms. The lowest BCUT2D eigenvalue weighted by molar-refractivity contribution is -0.0162. The molecule has 0 spiro atoms. The van der Waals surface area contributed by atoms with Gasteiger partial charge in [-0.3, -0.25) is 9.69 Å². The van der Waals surface area contributed by atoms with Crippen LogP contribution >= 0.6 is 0 Å². The van der Waals surface area contributed by atoms with Crippen LogP contribution in [0.25, 0.3) is 10.8 Å². The topological polar surface area (TPSA) is 29.5 Å². The Kier molecular flexibility index (Phi) is 4.32. The summed E-state index contributed by atoms with van der Waals surface area (Å²) in [5, 5.41) is 2.12. The van der Waals surface area contributed by atoms with Gasteiger partial charge in [0, 0.05) is 18.7 Å². The van der Waals surface area contributed by atoms with E-state index in [1.165, 1.54) is 0 Å². The van der Waals surface area contributed by atoms with Crippen molar-refractivity contribution in [2.45, 2.75) is 19.4 Å². The Morgan fingerprint density at radius 3 is 2.90 bits per heavy atom. The zero-order valence-corrected chi connectivity index (χ0v) is 12.4. The average Bonchev–Trinajstić information content (AvgIpc) is 2.54. The van der Waals surface area contributed by atoms with Gasteiger partial charge in [-0.25, -0.2) is 0 Å². The van der Waals surface area contributed by atoms with E-state index in [-0.39, 0.29) is 11.9 Å². The highest BCUT2D eigenvalue weighted by atomic mass is 16.5. The van der Waals surface area contributed by atoms with Crippen molar-refractivity contribution in [2.75, 3.05) is 26.2 Å². The standard InChI is InChI=1S/C18H21NO2/c1-2-10-19-11-12-21-17(13-19)18(20)16-9-5-7-14-6-3-4-8-15(14)16/h3-9,17H,2,10-13H2,1H3. The van der Waals surface area contributed by atoms with Crippen molar-refractivity contribution in [1.82, 2.24) is 4.90 Å². The molecule has 0 bridgehead atoms. The molecule has 0 radical (unpaired) electrons. The van der Waals surface area contributed by atoms with Crippen LogP contribution in [0.3, 0.4) is 0 Å². The van der Waals surface area contributed by atoms with Crippen LogP contribution in [0.2, 0.25) is 0 Å². The van der Waals surface area contributed by atoms with Gasteiger partial charge in [0.05, 0.1) is 6.61 Å². The lowest BCUT2D eigenvalue weighted by atomic mass is 9.98. The van der Waals surface area contributed by atoms with Crippen LogP contribution in [0.1, 0.15) is 23.7 Å². The van der Waals surface area contributed by atoms with Gasteiger partial charge in [-0.2, -0.15) is 0 Å². The van der Waals surface area contributed by atoms with Gasteiger partial charge in [-0.1, -0.05) is 49.4 Å². The molecule has 0 N–H and O–H groups in total. The second kappa shape index (κ2) is 6.37. The minimum absolute atomic E-state index is 0.104. The maximum absolute atomic E-state index is 12.8. The molecule has 21 heavy (non-hydrogen) atoms. The largest absolute Gasteiger partial charge is 0.367 e. The monoisotopic (exact) mass is 283 g/mol. The number of hydrogen-bond acceptors (Lipinski definition) is 3. The molecule has 0 aromatic heterocycles. The van der Waals surface area contributed by atoms with Crippen molar-refractivity contribution >= 4 is 16.6 Å². The third-order valence-corrected chi connectivity index (χ3v) is 4.04. The molecule has 1 aliphatic heterocycles. The summed E-state index contributed by atoms with van der Waals surface area (Å²) in [4.78, 5) is 15.1. The third-order valence-electron chi connectivity index (χ3n) is 4.04. The van der Waals surface area contributed by atoms with Gasteiger partial charge < -0.3 is 4.74 Å². The minimum atomic E-state index is -0.337. The maximum atomic E-state index is 12.8. The van der Waals surface area contributed by atoms with Gasteiger partial charge in [-0.15, -0.1) is 0 Å². The summed E-state index contributed by atoms with van der Waals surface area (Å²) in [6.07, 6.45) is 0.769. The van der Waals surface area contributed by atoms with Crippen molar-refractivity contribution in [3.63, 3.8) is 0 Å². The molecule has 0 saturated carbocycles. The summed E-state index contributed by atoms with van der Waals surface area (Å²) >= 11 is 0. The summed E-state index contributed by atoms with van der Waals surface area (Å²) in [6.45, 7) is 5.46. The Balaban J connectivity index is 1.86. The van der Waals surface area contributed by atoms with E-state index in [4.69, 9.17) is 4.74 Å². The fraction of sp³-hybridized carbons (Fsp3) is 0.389. The third kappa shape index (κ3) is 2.99. The fourth-order valence-electron chi connectivity index (χ4n) is 2.99. The number of rotatable bonds is 4. The zero-order chi connectivity index (χ0) is 14.7. The molecule has 2 aromatic carbocycles. The Labute approximate surface area is 125 Å². The first-order valence-corrected chi connectivity index (χ1v) is 7.65. The molecular formula is C18H21NO2. The van der Waals surface area contributed by atoms with E-state index in [2.05, 4.69) is 11.8 Å². The summed E-state index contributed by atoms with van der Waals surface area (Å²) in [5.74, 6) is 0.104. The Bertz CT molecular complexity index is 631. The van der Waals surface area contributed by atoms with E-state index in [0.717, 1.165) is 35.8 Å². The van der Waals surface area contributed by atoms with Gasteiger partial charge >= 0.3 is 0 Å². The SMILES string of the molecule is CCCN1CCOC(C(=O)c2cccc3ccccc23)C1. The number of nitrogens with zero attached hydrogens (tertiary/aromatic N) is 1. The van der Waals surface area contributed by atoms with Crippen LogP contribution in [-0.4, -0.2) is 43.0 Å². The number of Topliss-reactive ketones (excluding diaryl/α,β-unsaturated/α-hetero) is 1. The van der Waals surface area contributed by atoms with Crippen LogP contribution in [0.5, 0.6) is 0 Å². The Morgan fingerprint density at radius 1 is 1.24 bits per heavy atom. The highest BCUT2D eigenvalue weighted by molar-refractivity contribution is 6.10. The fourth-order valence-corrected chi connectivity index (χ4v) is 2.99. The van der Waals surface area contributed by atoms with Crippen LogP contribution < -0.4 is 0 Å². The van der Waals surface area contributed by atoms with E-state index in [0.29, 0.717) is 13.2 Å². The second-order valence-electron chi connectivity index (χ2n) is 5.55. The van der Waals surface area contributed by atoms with Crippen LogP contribution in [0.15, 0.2) is 42.5 Å². The van der Waals surface area contributed by atoms with Gasteiger partial charge in [-0.05, 0) is 23.7 Å². The summed E-state index contributed by atoms with van der Waals surface area (Å²) in [6, 6.07) is 13.9. The lowest BCUT2D eigenvalue weighted by Crippen LogP contribution is -2.46. The molecule has 0 amide bonds. The molecule has 1 atom stereocenters. The number of carbonyl (C=O) groups excluding carboxylic acids is 1. The van der Waals surface area contributed by atoms with E-state index in [1.807, 2.05) is 42.5 Å². The summed E-state index contributed by atoms with van der Waals surface area (Å²) < 4.78 is 5.73. The van der Waals surface area contributed by atoms with Gasteiger partial charge in [0.15, 0.2) is 5.78 Å². The number of ether oxygens (including phenoxy) is 1. The predicted octanol–water partition coefficient (Wildman–Crippen LogP) is 3.13. The number of carbonyl (C=O) groups is 1. The lowest BCUT2D eigenvalue weighted by Gasteiger charge is -2.32. The molecule has 1 fully saturated rings. The number of morpholine rings is 1. The van der Waals surface area contributed by atoms with Gasteiger partial charge in [0.2, 0.25) is 0 Å². The van der Waals surface area contributed by atoms with E-state index in [9.17, 15) is 4.79 Å². The summed E-state index contributed by atoms with van der Waals surface area (Å²) in [7, 11) is 0. The van der Waals surface area contributed by atoms with Crippen molar-refractivity contribution < 1.29 is 9.53 Å². The molecule has 1 unspecified atom stereocenters. The molecule has 2 aromatic rings. The molecule has 1 heterocycles. The van der Waals surface area contributed by atoms with Crippen LogP contribution in [-0.2, 0) is 4.74 Å². The molecule has 3 nitrogen and oxygen atoms in total. The van der Waals surface area contributed by atoms with Crippen molar-refractivity contribution in [3.8, 4) is 0 Å². The quantitative estimate of drug-likeness (QED) is 0.807. The highest BCUT2D eigenvalue weighted by Crippen LogP contribution is 2.21. The first-order chi connectivity index (χ1) is 10.3. The van der Waals surface area contributed by atoms with E-state index < -0.39 is 0 Å². The first kappa shape index (κ1) is 14.2. The smallest absolute Gasteiger partial charge is 0.193 e. The molecule has 1 aliphatic rings. The molecule has 3 rings (SSSR count). The second-order valence-corrected chi connectivity index (χ2v) is 5.55. The zero-order valence-electron chi connectivity index (χ0n) is 12.4. The Morgan fingerprint density at radius 2 is 2.05 bits per heavy atom. The van der Waals surface area contributed by atoms with Crippen LogP contribution in [0.4, 0.5) is 0 Å². The van der Waals surface area contributed by atoms with Gasteiger partial charge in [0.25, 0.3) is 0 Å². The summed E-state index contributed by atoms with van der Waals surface area (Å²) in [5.41, 5.74) is 0.774. The number of fused-ring (bicyclic) bond motifs is 1. The molecule has 110 valence electrons. The first-order valence-electron chi connectivity index (χ1n) is 7.65. The highest BCUT2D eigenvalue weighted by Gasteiger charge is 2.27. The average molecular weight is 283 g/mol. The van der Waals surface area contributed by atoms with Crippen molar-refractivity contribution in [2.24, 2.45) is 0 Å². The molecular weight excluding hydrogens is 262 g/mol. The van der Waals surface area contributed by atoms with Crippen molar-refractivity contribution in [3.05, 3.63) is 48.0 Å². The Hall–Kier alpha value is -1.71. The van der Waals surface area contributed by atoms with E-state index in [1.54, 1.807) is 0 Å². The number of ketones is 1. The predicted molar refractivity (Wildman–Crippen MR) is 84.7 cm³/mol. The minimum Gasteiger partial charge on any atom is -0.367 e. The van der Waals surface area contributed by atoms with Gasteiger partial charge in [0.1, 0.15) is 6.10 Å². The van der Waals surface area contributed by atoms with Crippen molar-refractivity contribution in [1.29, 1.82) is 0 Å². The molecule has 1 saturated heterocycles. The molecule has 0 aliphatic carbocycles. The number of benzene rings is 2. The van der Waals surface area contributed by atoms with Crippen LogP contribution in [0, 0.1) is 0 Å². The van der Waals surface area contributed by atoms with E-state index >= 15 is 0 Å². The number of hydrogen-bond donors (Lipinski definition) is 0.